The molecule has 0 radical (unpaired) electrons. The molecule has 0 spiro atoms. The first-order valence-corrected chi connectivity index (χ1v) is 6.28. The number of rotatable bonds is 1. The third kappa shape index (κ3) is 1.95. The van der Waals surface area contributed by atoms with E-state index >= 15 is 0 Å². The van der Waals surface area contributed by atoms with Gasteiger partial charge >= 0.3 is 0 Å². The standard InChI is InChI=1S/C11H14BrN3/c12-8-5-10-11(14-6-8)15-9(3-4-13-10)7-1-2-7/h5-7,9,13H,1-4H2,(H,14,15). The Labute approximate surface area is 97.8 Å². The van der Waals surface area contributed by atoms with Crippen LogP contribution < -0.4 is 10.6 Å². The van der Waals surface area contributed by atoms with E-state index in [0.29, 0.717) is 6.04 Å². The lowest BCUT2D eigenvalue weighted by atomic mass is 10.1. The molecule has 3 rings (SSSR count). The Morgan fingerprint density at radius 2 is 2.20 bits per heavy atom. The van der Waals surface area contributed by atoms with E-state index in [4.69, 9.17) is 0 Å². The molecule has 4 heteroatoms. The minimum Gasteiger partial charge on any atom is -0.382 e. The van der Waals surface area contributed by atoms with Crippen molar-refractivity contribution < 1.29 is 0 Å². The van der Waals surface area contributed by atoms with Crippen molar-refractivity contribution in [3.63, 3.8) is 0 Å². The van der Waals surface area contributed by atoms with E-state index < -0.39 is 0 Å². The molecule has 80 valence electrons. The molecule has 1 fully saturated rings. The van der Waals surface area contributed by atoms with Crippen LogP contribution in [0.5, 0.6) is 0 Å². The molecule has 1 atom stereocenters. The number of nitrogens with one attached hydrogen (secondary N) is 2. The molecule has 2 heterocycles. The molecule has 1 aliphatic carbocycles. The van der Waals surface area contributed by atoms with Gasteiger partial charge in [0.1, 0.15) is 5.82 Å². The van der Waals surface area contributed by atoms with Crippen molar-refractivity contribution in [2.24, 2.45) is 5.92 Å². The highest BCUT2D eigenvalue weighted by Crippen LogP contribution is 2.38. The summed E-state index contributed by atoms with van der Waals surface area (Å²) >= 11 is 3.44. The number of anilines is 2. The second kappa shape index (κ2) is 3.67. The van der Waals surface area contributed by atoms with Gasteiger partial charge in [0.2, 0.25) is 0 Å². The van der Waals surface area contributed by atoms with Gasteiger partial charge in [0, 0.05) is 23.3 Å². The van der Waals surface area contributed by atoms with Gasteiger partial charge in [-0.2, -0.15) is 0 Å². The first-order chi connectivity index (χ1) is 7.33. The average Bonchev–Trinajstić information content (AvgIpc) is 3.02. The molecule has 2 aliphatic rings. The van der Waals surface area contributed by atoms with Crippen molar-refractivity contribution in [2.45, 2.75) is 25.3 Å². The van der Waals surface area contributed by atoms with Crippen LogP contribution in [0.2, 0.25) is 0 Å². The number of fused-ring (bicyclic) bond motifs is 1. The topological polar surface area (TPSA) is 37.0 Å². The van der Waals surface area contributed by atoms with E-state index in [2.05, 4.69) is 37.6 Å². The fraction of sp³-hybridized carbons (Fsp3) is 0.545. The Morgan fingerprint density at radius 3 is 3.00 bits per heavy atom. The Morgan fingerprint density at radius 1 is 1.33 bits per heavy atom. The number of hydrogen-bond donors (Lipinski definition) is 2. The predicted molar refractivity (Wildman–Crippen MR) is 65.2 cm³/mol. The summed E-state index contributed by atoms with van der Waals surface area (Å²) in [4.78, 5) is 4.42. The largest absolute Gasteiger partial charge is 0.382 e. The highest BCUT2D eigenvalue weighted by molar-refractivity contribution is 9.10. The van der Waals surface area contributed by atoms with Crippen molar-refractivity contribution in [2.75, 3.05) is 17.2 Å². The summed E-state index contributed by atoms with van der Waals surface area (Å²) in [7, 11) is 0. The van der Waals surface area contributed by atoms with Crippen LogP contribution in [0.15, 0.2) is 16.7 Å². The Hall–Kier alpha value is -0.770. The van der Waals surface area contributed by atoms with Gasteiger partial charge in [-0.3, -0.25) is 0 Å². The van der Waals surface area contributed by atoms with Crippen LogP contribution in [0.3, 0.4) is 0 Å². The molecular weight excluding hydrogens is 254 g/mol. The highest BCUT2D eigenvalue weighted by atomic mass is 79.9. The molecule has 1 aliphatic heterocycles. The minimum atomic E-state index is 0.618. The minimum absolute atomic E-state index is 0.618. The van der Waals surface area contributed by atoms with E-state index in [-0.39, 0.29) is 0 Å². The molecule has 15 heavy (non-hydrogen) atoms. The quantitative estimate of drug-likeness (QED) is 0.822. The third-order valence-electron chi connectivity index (χ3n) is 3.14. The summed E-state index contributed by atoms with van der Waals surface area (Å²) < 4.78 is 1.03. The van der Waals surface area contributed by atoms with Crippen molar-refractivity contribution in [3.8, 4) is 0 Å². The SMILES string of the molecule is Brc1cnc2c(c1)NCCC(C1CC1)N2. The smallest absolute Gasteiger partial charge is 0.149 e. The van der Waals surface area contributed by atoms with Crippen LogP contribution in [0.4, 0.5) is 11.5 Å². The van der Waals surface area contributed by atoms with Crippen molar-refractivity contribution in [1.82, 2.24) is 4.98 Å². The normalized spacial score (nSPS) is 24.7. The van der Waals surface area contributed by atoms with Crippen LogP contribution >= 0.6 is 15.9 Å². The van der Waals surface area contributed by atoms with Crippen molar-refractivity contribution in [3.05, 3.63) is 16.7 Å². The highest BCUT2D eigenvalue weighted by Gasteiger charge is 2.32. The molecule has 1 aromatic rings. The van der Waals surface area contributed by atoms with E-state index in [0.717, 1.165) is 28.4 Å². The maximum Gasteiger partial charge on any atom is 0.149 e. The van der Waals surface area contributed by atoms with Gasteiger partial charge < -0.3 is 10.6 Å². The van der Waals surface area contributed by atoms with Crippen LogP contribution in [0.1, 0.15) is 19.3 Å². The average molecular weight is 268 g/mol. The maximum atomic E-state index is 4.42. The number of aromatic nitrogens is 1. The van der Waals surface area contributed by atoms with Gasteiger partial charge in [-0.15, -0.1) is 0 Å². The second-order valence-electron chi connectivity index (χ2n) is 4.35. The number of halogens is 1. The lowest BCUT2D eigenvalue weighted by molar-refractivity contribution is 0.607. The predicted octanol–water partition coefficient (Wildman–Crippen LogP) is 2.85. The van der Waals surface area contributed by atoms with E-state index in [1.165, 1.54) is 19.3 Å². The van der Waals surface area contributed by atoms with Crippen molar-refractivity contribution >= 4 is 27.4 Å². The molecule has 1 aromatic heterocycles. The van der Waals surface area contributed by atoms with Gasteiger partial charge in [0.25, 0.3) is 0 Å². The summed E-state index contributed by atoms with van der Waals surface area (Å²) in [5.41, 5.74) is 1.12. The van der Waals surface area contributed by atoms with E-state index in [1.807, 2.05) is 6.20 Å². The van der Waals surface area contributed by atoms with Gasteiger partial charge in [0.05, 0.1) is 5.69 Å². The summed E-state index contributed by atoms with van der Waals surface area (Å²) in [6.07, 6.45) is 5.80. The Balaban J connectivity index is 1.88. The van der Waals surface area contributed by atoms with Crippen LogP contribution in [0, 0.1) is 5.92 Å². The number of nitrogens with zero attached hydrogens (tertiary/aromatic N) is 1. The Kier molecular flexibility index (Phi) is 2.31. The lowest BCUT2D eigenvalue weighted by Crippen LogP contribution is -2.22. The van der Waals surface area contributed by atoms with Crippen LogP contribution in [-0.4, -0.2) is 17.6 Å². The van der Waals surface area contributed by atoms with Crippen molar-refractivity contribution in [1.29, 1.82) is 0 Å². The summed E-state index contributed by atoms with van der Waals surface area (Å²) in [6.45, 7) is 1.04. The molecule has 0 bridgehead atoms. The molecule has 1 unspecified atom stereocenters. The fourth-order valence-electron chi connectivity index (χ4n) is 2.15. The first kappa shape index (κ1) is 9.46. The number of hydrogen-bond acceptors (Lipinski definition) is 3. The molecule has 2 N–H and O–H groups in total. The molecule has 0 saturated heterocycles. The monoisotopic (exact) mass is 267 g/mol. The Bertz CT molecular complexity index is 376. The molecule has 0 aromatic carbocycles. The van der Waals surface area contributed by atoms with E-state index in [1.54, 1.807) is 0 Å². The third-order valence-corrected chi connectivity index (χ3v) is 3.57. The molecule has 3 nitrogen and oxygen atoms in total. The summed E-state index contributed by atoms with van der Waals surface area (Å²) in [5, 5.41) is 6.98. The first-order valence-electron chi connectivity index (χ1n) is 5.49. The second-order valence-corrected chi connectivity index (χ2v) is 5.27. The van der Waals surface area contributed by atoms with Gasteiger partial charge in [-0.05, 0) is 47.2 Å². The van der Waals surface area contributed by atoms with Gasteiger partial charge in [-0.25, -0.2) is 4.98 Å². The molecular formula is C11H14BrN3. The van der Waals surface area contributed by atoms with Crippen LogP contribution in [0.25, 0.3) is 0 Å². The van der Waals surface area contributed by atoms with Gasteiger partial charge in [-0.1, -0.05) is 0 Å². The zero-order chi connectivity index (χ0) is 10.3. The van der Waals surface area contributed by atoms with Crippen LogP contribution in [-0.2, 0) is 0 Å². The zero-order valence-electron chi connectivity index (χ0n) is 8.46. The number of pyridine rings is 1. The van der Waals surface area contributed by atoms with Gasteiger partial charge in [0.15, 0.2) is 0 Å². The summed E-state index contributed by atoms with van der Waals surface area (Å²) in [5.74, 6) is 1.88. The fourth-order valence-corrected chi connectivity index (χ4v) is 2.48. The molecule has 1 saturated carbocycles. The summed E-state index contributed by atoms with van der Waals surface area (Å²) in [6, 6.07) is 2.71. The zero-order valence-corrected chi connectivity index (χ0v) is 10.0. The lowest BCUT2D eigenvalue weighted by Gasteiger charge is -2.15. The van der Waals surface area contributed by atoms with E-state index in [9.17, 15) is 0 Å². The molecule has 0 amide bonds. The maximum absolute atomic E-state index is 4.42.